The lowest BCUT2D eigenvalue weighted by molar-refractivity contribution is -0.124. The lowest BCUT2D eigenvalue weighted by Crippen LogP contribution is -2.30. The number of amides is 2. The van der Waals surface area contributed by atoms with Gasteiger partial charge >= 0.3 is 0 Å². The maximum Gasteiger partial charge on any atom is 0.251 e. The third-order valence-corrected chi connectivity index (χ3v) is 4.46. The van der Waals surface area contributed by atoms with Crippen LogP contribution in [0.15, 0.2) is 60.7 Å². The zero-order valence-corrected chi connectivity index (χ0v) is 14.8. The Morgan fingerprint density at radius 2 is 1.81 bits per heavy atom. The monoisotopic (exact) mass is 349 g/mol. The Bertz CT molecular complexity index is 785. The third-order valence-electron chi connectivity index (χ3n) is 4.46. The largest absolute Gasteiger partial charge is 0.380 e. The predicted octanol–water partition coefficient (Wildman–Crippen LogP) is 2.77. The Hall–Kier alpha value is -3.08. The molecule has 1 saturated heterocycles. The van der Waals surface area contributed by atoms with Crippen LogP contribution >= 0.6 is 0 Å². The second-order valence-electron chi connectivity index (χ2n) is 6.31. The molecule has 0 saturated carbocycles. The van der Waals surface area contributed by atoms with Gasteiger partial charge in [0.15, 0.2) is 0 Å². The van der Waals surface area contributed by atoms with Crippen molar-refractivity contribution in [2.45, 2.75) is 12.5 Å². The summed E-state index contributed by atoms with van der Waals surface area (Å²) in [6.07, 6.45) is 4.32. The van der Waals surface area contributed by atoms with E-state index >= 15 is 0 Å². The standard InChI is InChI=1S/C21H23N3O2/c1-22-21(26)17-10-7-16(8-11-17)9-12-20(25)24-14-13-19(15-24)23-18-5-3-2-4-6-18/h2-12,19,23H,13-15H2,1H3,(H,22,26)/b12-9+/t19-/m1/s1. The van der Waals surface area contributed by atoms with Crippen LogP contribution in [0.3, 0.4) is 0 Å². The van der Waals surface area contributed by atoms with Crippen LogP contribution in [0.1, 0.15) is 22.3 Å². The number of likely N-dealkylation sites (tertiary alicyclic amines) is 1. The van der Waals surface area contributed by atoms with Crippen LogP contribution in [-0.2, 0) is 4.79 Å². The molecule has 0 aromatic heterocycles. The van der Waals surface area contributed by atoms with Gasteiger partial charge < -0.3 is 15.5 Å². The van der Waals surface area contributed by atoms with Crippen LogP contribution in [-0.4, -0.2) is 42.9 Å². The normalized spacial score (nSPS) is 16.7. The van der Waals surface area contributed by atoms with E-state index in [1.165, 1.54) is 0 Å². The number of carbonyl (C=O) groups excluding carboxylic acids is 2. The first kappa shape index (κ1) is 17.7. The average Bonchev–Trinajstić information content (AvgIpc) is 3.15. The summed E-state index contributed by atoms with van der Waals surface area (Å²) < 4.78 is 0. The molecule has 0 radical (unpaired) electrons. The summed E-state index contributed by atoms with van der Waals surface area (Å²) in [5.74, 6) is -0.108. The fraction of sp³-hybridized carbons (Fsp3) is 0.238. The van der Waals surface area contributed by atoms with E-state index in [1.807, 2.05) is 47.4 Å². The fourth-order valence-corrected chi connectivity index (χ4v) is 3.01. The van der Waals surface area contributed by atoms with Gasteiger partial charge in [0, 0.05) is 43.5 Å². The molecule has 1 atom stereocenters. The van der Waals surface area contributed by atoms with Crippen molar-refractivity contribution in [1.82, 2.24) is 10.2 Å². The lowest BCUT2D eigenvalue weighted by atomic mass is 10.1. The van der Waals surface area contributed by atoms with Crippen LogP contribution in [0.4, 0.5) is 5.69 Å². The van der Waals surface area contributed by atoms with E-state index in [0.717, 1.165) is 24.2 Å². The van der Waals surface area contributed by atoms with Crippen molar-refractivity contribution >= 4 is 23.6 Å². The molecule has 2 aromatic carbocycles. The molecule has 5 nitrogen and oxygen atoms in total. The molecular weight excluding hydrogens is 326 g/mol. The molecule has 1 heterocycles. The van der Waals surface area contributed by atoms with E-state index in [1.54, 1.807) is 31.3 Å². The summed E-state index contributed by atoms with van der Waals surface area (Å²) in [6.45, 7) is 1.46. The van der Waals surface area contributed by atoms with Gasteiger partial charge in [0.1, 0.15) is 0 Å². The van der Waals surface area contributed by atoms with Gasteiger partial charge in [0.05, 0.1) is 0 Å². The Labute approximate surface area is 153 Å². The van der Waals surface area contributed by atoms with Gasteiger partial charge in [0.25, 0.3) is 5.91 Å². The van der Waals surface area contributed by atoms with Crippen LogP contribution < -0.4 is 10.6 Å². The lowest BCUT2D eigenvalue weighted by Gasteiger charge is -2.16. The molecule has 1 fully saturated rings. The first-order valence-electron chi connectivity index (χ1n) is 8.76. The predicted molar refractivity (Wildman–Crippen MR) is 104 cm³/mol. The fourth-order valence-electron chi connectivity index (χ4n) is 3.01. The quantitative estimate of drug-likeness (QED) is 0.816. The number of hydrogen-bond donors (Lipinski definition) is 2. The van der Waals surface area contributed by atoms with Gasteiger partial charge in [0.2, 0.25) is 5.91 Å². The SMILES string of the molecule is CNC(=O)c1ccc(/C=C/C(=O)N2CC[C@@H](Nc3ccccc3)C2)cc1. The van der Waals surface area contributed by atoms with E-state index in [2.05, 4.69) is 10.6 Å². The molecule has 26 heavy (non-hydrogen) atoms. The second-order valence-corrected chi connectivity index (χ2v) is 6.31. The Balaban J connectivity index is 1.53. The summed E-state index contributed by atoms with van der Waals surface area (Å²) in [6, 6.07) is 17.5. The minimum atomic E-state index is -0.120. The minimum Gasteiger partial charge on any atom is -0.380 e. The molecule has 2 N–H and O–H groups in total. The maximum atomic E-state index is 12.4. The van der Waals surface area contributed by atoms with E-state index in [4.69, 9.17) is 0 Å². The molecule has 0 bridgehead atoms. The van der Waals surface area contributed by atoms with Crippen molar-refractivity contribution in [2.24, 2.45) is 0 Å². The Kier molecular flexibility index (Phi) is 5.69. The van der Waals surface area contributed by atoms with Crippen molar-refractivity contribution < 1.29 is 9.59 Å². The van der Waals surface area contributed by atoms with Gasteiger partial charge in [-0.3, -0.25) is 9.59 Å². The molecule has 0 aliphatic carbocycles. The third kappa shape index (κ3) is 4.51. The number of carbonyl (C=O) groups is 2. The Morgan fingerprint density at radius 1 is 1.08 bits per heavy atom. The smallest absolute Gasteiger partial charge is 0.251 e. The number of nitrogens with zero attached hydrogens (tertiary/aromatic N) is 1. The van der Waals surface area contributed by atoms with Gasteiger partial charge in [-0.05, 0) is 42.3 Å². The molecule has 0 unspecified atom stereocenters. The molecule has 134 valence electrons. The van der Waals surface area contributed by atoms with Crippen molar-refractivity contribution in [3.8, 4) is 0 Å². The number of rotatable bonds is 5. The van der Waals surface area contributed by atoms with Crippen molar-refractivity contribution in [3.63, 3.8) is 0 Å². The molecule has 5 heteroatoms. The highest BCUT2D eigenvalue weighted by molar-refractivity contribution is 5.95. The van der Waals surface area contributed by atoms with E-state index in [-0.39, 0.29) is 17.9 Å². The average molecular weight is 349 g/mol. The molecule has 0 spiro atoms. The number of anilines is 1. The minimum absolute atomic E-state index is 0.0118. The van der Waals surface area contributed by atoms with Gasteiger partial charge in [-0.25, -0.2) is 0 Å². The van der Waals surface area contributed by atoms with Gasteiger partial charge in [-0.1, -0.05) is 30.3 Å². The molecule has 2 amide bonds. The van der Waals surface area contributed by atoms with Crippen molar-refractivity contribution in [2.75, 3.05) is 25.5 Å². The van der Waals surface area contributed by atoms with Crippen molar-refractivity contribution in [1.29, 1.82) is 0 Å². The number of benzene rings is 2. The van der Waals surface area contributed by atoms with E-state index in [9.17, 15) is 9.59 Å². The molecule has 2 aromatic rings. The van der Waals surface area contributed by atoms with Crippen molar-refractivity contribution in [3.05, 3.63) is 71.8 Å². The highest BCUT2D eigenvalue weighted by Crippen LogP contribution is 2.16. The Morgan fingerprint density at radius 3 is 2.50 bits per heavy atom. The van der Waals surface area contributed by atoms with E-state index < -0.39 is 0 Å². The highest BCUT2D eigenvalue weighted by atomic mass is 16.2. The number of hydrogen-bond acceptors (Lipinski definition) is 3. The molecule has 3 rings (SSSR count). The van der Waals surface area contributed by atoms with Crippen LogP contribution in [0, 0.1) is 0 Å². The van der Waals surface area contributed by atoms with Gasteiger partial charge in [-0.2, -0.15) is 0 Å². The zero-order chi connectivity index (χ0) is 18.4. The highest BCUT2D eigenvalue weighted by Gasteiger charge is 2.24. The van der Waals surface area contributed by atoms with Crippen LogP contribution in [0.5, 0.6) is 0 Å². The van der Waals surface area contributed by atoms with Gasteiger partial charge in [-0.15, -0.1) is 0 Å². The summed E-state index contributed by atoms with van der Waals surface area (Å²) in [5, 5.41) is 6.05. The summed E-state index contributed by atoms with van der Waals surface area (Å²) >= 11 is 0. The first-order chi connectivity index (χ1) is 12.7. The number of nitrogens with one attached hydrogen (secondary N) is 2. The summed E-state index contributed by atoms with van der Waals surface area (Å²) in [7, 11) is 1.60. The topological polar surface area (TPSA) is 61.4 Å². The van der Waals surface area contributed by atoms with E-state index in [0.29, 0.717) is 12.1 Å². The molecular formula is C21H23N3O2. The zero-order valence-electron chi connectivity index (χ0n) is 14.8. The maximum absolute atomic E-state index is 12.4. The van der Waals surface area contributed by atoms with Crippen LogP contribution in [0.2, 0.25) is 0 Å². The first-order valence-corrected chi connectivity index (χ1v) is 8.76. The molecule has 1 aliphatic heterocycles. The molecule has 1 aliphatic rings. The summed E-state index contributed by atoms with van der Waals surface area (Å²) in [4.78, 5) is 25.8. The number of para-hydroxylation sites is 1. The second kappa shape index (κ2) is 8.34. The summed E-state index contributed by atoms with van der Waals surface area (Å²) in [5.41, 5.74) is 2.58. The van der Waals surface area contributed by atoms with Crippen LogP contribution in [0.25, 0.3) is 6.08 Å².